The molecule has 0 aliphatic carbocycles. The van der Waals surface area contributed by atoms with Gasteiger partial charge in [-0.3, -0.25) is 4.79 Å². The van der Waals surface area contributed by atoms with Crippen LogP contribution in [-0.2, 0) is 4.79 Å². The number of carboxylic acid groups (broad SMARTS) is 1. The quantitative estimate of drug-likeness (QED) is 0.760. The van der Waals surface area contributed by atoms with Crippen LogP contribution >= 0.6 is 0 Å². The highest BCUT2D eigenvalue weighted by molar-refractivity contribution is 5.96. The summed E-state index contributed by atoms with van der Waals surface area (Å²) in [6, 6.07) is 4.90. The topological polar surface area (TPSA) is 113 Å². The molecule has 1 unspecified atom stereocenters. The van der Waals surface area contributed by atoms with Crippen molar-refractivity contribution in [2.75, 3.05) is 11.9 Å². The maximum Gasteiger partial charge on any atom is 0.326 e. The van der Waals surface area contributed by atoms with Crippen LogP contribution in [0.25, 0.3) is 0 Å². The molecule has 2 rings (SSSR count). The van der Waals surface area contributed by atoms with E-state index in [0.29, 0.717) is 25.1 Å². The van der Waals surface area contributed by atoms with Crippen LogP contribution in [-0.4, -0.2) is 40.5 Å². The van der Waals surface area contributed by atoms with Crippen LogP contribution in [0.15, 0.2) is 24.3 Å². The highest BCUT2D eigenvalue weighted by Crippen LogP contribution is 2.19. The van der Waals surface area contributed by atoms with Crippen molar-refractivity contribution in [3.05, 3.63) is 29.8 Å². The summed E-state index contributed by atoms with van der Waals surface area (Å²) in [5.74, 6) is -1.60. The molecule has 1 atom stereocenters. The Bertz CT molecular complexity index is 558. The van der Waals surface area contributed by atoms with Gasteiger partial charge in [0.2, 0.25) is 5.91 Å². The normalized spacial score (nSPS) is 17.8. The lowest BCUT2D eigenvalue weighted by Gasteiger charge is -2.21. The number of carbonyl (C=O) groups is 3. The second kappa shape index (κ2) is 5.60. The number of anilines is 1. The van der Waals surface area contributed by atoms with E-state index in [1.54, 1.807) is 12.1 Å². The number of amides is 3. The molecule has 1 heterocycles. The Morgan fingerprint density at radius 2 is 2.10 bits per heavy atom. The molecule has 1 aromatic carbocycles. The SMILES string of the molecule is NC(=O)c1cccc(NC(=O)N2CCCC2C(=O)O)c1. The third-order valence-corrected chi connectivity index (χ3v) is 3.20. The van der Waals surface area contributed by atoms with Crippen molar-refractivity contribution in [3.63, 3.8) is 0 Å². The van der Waals surface area contributed by atoms with Gasteiger partial charge in [0, 0.05) is 17.8 Å². The summed E-state index contributed by atoms with van der Waals surface area (Å²) in [6.45, 7) is 0.401. The molecule has 20 heavy (non-hydrogen) atoms. The summed E-state index contributed by atoms with van der Waals surface area (Å²) < 4.78 is 0. The van der Waals surface area contributed by atoms with Gasteiger partial charge in [0.25, 0.3) is 0 Å². The van der Waals surface area contributed by atoms with E-state index >= 15 is 0 Å². The molecule has 1 aliphatic rings. The monoisotopic (exact) mass is 277 g/mol. The number of hydrogen-bond acceptors (Lipinski definition) is 3. The maximum absolute atomic E-state index is 12.0. The number of aliphatic carboxylic acids is 1. The summed E-state index contributed by atoms with van der Waals surface area (Å²) in [4.78, 5) is 35.4. The zero-order valence-corrected chi connectivity index (χ0v) is 10.7. The molecule has 0 aromatic heterocycles. The smallest absolute Gasteiger partial charge is 0.326 e. The summed E-state index contributed by atoms with van der Waals surface area (Å²) in [5.41, 5.74) is 5.84. The van der Waals surface area contributed by atoms with Crippen molar-refractivity contribution in [1.82, 2.24) is 4.90 Å². The van der Waals surface area contributed by atoms with Gasteiger partial charge >= 0.3 is 12.0 Å². The van der Waals surface area contributed by atoms with Crippen molar-refractivity contribution < 1.29 is 19.5 Å². The number of benzene rings is 1. The number of rotatable bonds is 3. The molecule has 7 heteroatoms. The molecular weight excluding hydrogens is 262 g/mol. The fraction of sp³-hybridized carbons (Fsp3) is 0.308. The molecule has 0 radical (unpaired) electrons. The molecule has 106 valence electrons. The van der Waals surface area contributed by atoms with Gasteiger partial charge in [-0.25, -0.2) is 9.59 Å². The number of nitrogens with one attached hydrogen (secondary N) is 1. The second-order valence-corrected chi connectivity index (χ2v) is 4.56. The molecule has 1 fully saturated rings. The van der Waals surface area contributed by atoms with Gasteiger partial charge in [-0.05, 0) is 31.0 Å². The van der Waals surface area contributed by atoms with E-state index < -0.39 is 23.9 Å². The van der Waals surface area contributed by atoms with E-state index in [1.807, 2.05) is 0 Å². The van der Waals surface area contributed by atoms with E-state index in [1.165, 1.54) is 17.0 Å². The van der Waals surface area contributed by atoms with E-state index in [2.05, 4.69) is 5.32 Å². The predicted octanol–water partition coefficient (Wildman–Crippen LogP) is 0.866. The average Bonchev–Trinajstić information content (AvgIpc) is 2.88. The average molecular weight is 277 g/mol. The van der Waals surface area contributed by atoms with Gasteiger partial charge in [-0.2, -0.15) is 0 Å². The number of hydrogen-bond donors (Lipinski definition) is 3. The highest BCUT2D eigenvalue weighted by atomic mass is 16.4. The molecule has 1 saturated heterocycles. The Kier molecular flexibility index (Phi) is 3.88. The molecule has 4 N–H and O–H groups in total. The minimum Gasteiger partial charge on any atom is -0.480 e. The predicted molar refractivity (Wildman–Crippen MR) is 71.3 cm³/mol. The van der Waals surface area contributed by atoms with Crippen molar-refractivity contribution in [2.24, 2.45) is 5.73 Å². The van der Waals surface area contributed by atoms with Gasteiger partial charge in [-0.1, -0.05) is 6.07 Å². The van der Waals surface area contributed by atoms with Crippen molar-refractivity contribution in [2.45, 2.75) is 18.9 Å². The minimum atomic E-state index is -1.01. The molecule has 0 spiro atoms. The van der Waals surface area contributed by atoms with Crippen LogP contribution in [0, 0.1) is 0 Å². The standard InChI is InChI=1S/C13H15N3O4/c14-11(17)8-3-1-4-9(7-8)15-13(20)16-6-2-5-10(16)12(18)19/h1,3-4,7,10H,2,5-6H2,(H2,14,17)(H,15,20)(H,18,19). The van der Waals surface area contributed by atoms with E-state index in [-0.39, 0.29) is 5.56 Å². The Labute approximate surface area is 115 Å². The third kappa shape index (κ3) is 2.87. The van der Waals surface area contributed by atoms with E-state index in [0.717, 1.165) is 0 Å². The number of likely N-dealkylation sites (tertiary alicyclic amines) is 1. The molecule has 1 aliphatic heterocycles. The van der Waals surface area contributed by atoms with Crippen LogP contribution < -0.4 is 11.1 Å². The van der Waals surface area contributed by atoms with Gasteiger partial charge in [0.1, 0.15) is 6.04 Å². The van der Waals surface area contributed by atoms with Gasteiger partial charge in [0.15, 0.2) is 0 Å². The summed E-state index contributed by atoms with van der Waals surface area (Å²) in [5, 5.41) is 11.6. The van der Waals surface area contributed by atoms with Crippen LogP contribution in [0.2, 0.25) is 0 Å². The Balaban J connectivity index is 2.09. The largest absolute Gasteiger partial charge is 0.480 e. The van der Waals surface area contributed by atoms with E-state index in [9.17, 15) is 14.4 Å². The summed E-state index contributed by atoms with van der Waals surface area (Å²) in [7, 11) is 0. The number of nitrogens with zero attached hydrogens (tertiary/aromatic N) is 1. The summed E-state index contributed by atoms with van der Waals surface area (Å²) in [6.07, 6.45) is 1.11. The first kappa shape index (κ1) is 13.9. The lowest BCUT2D eigenvalue weighted by molar-refractivity contribution is -0.141. The summed E-state index contributed by atoms with van der Waals surface area (Å²) >= 11 is 0. The molecule has 0 saturated carbocycles. The Morgan fingerprint density at radius 3 is 2.75 bits per heavy atom. The van der Waals surface area contributed by atoms with Gasteiger partial charge < -0.3 is 21.1 Å². The van der Waals surface area contributed by atoms with Gasteiger partial charge in [-0.15, -0.1) is 0 Å². The van der Waals surface area contributed by atoms with Crippen LogP contribution in [0.1, 0.15) is 23.2 Å². The van der Waals surface area contributed by atoms with Gasteiger partial charge in [0.05, 0.1) is 0 Å². The first-order valence-electron chi connectivity index (χ1n) is 6.19. The number of carboxylic acids is 1. The van der Waals surface area contributed by atoms with E-state index in [4.69, 9.17) is 10.8 Å². The molecule has 0 bridgehead atoms. The lowest BCUT2D eigenvalue weighted by Crippen LogP contribution is -2.42. The fourth-order valence-electron chi connectivity index (χ4n) is 2.21. The number of urea groups is 1. The Hall–Kier alpha value is -2.57. The van der Waals surface area contributed by atoms with Crippen molar-refractivity contribution >= 4 is 23.6 Å². The minimum absolute atomic E-state index is 0.277. The zero-order chi connectivity index (χ0) is 14.7. The number of carbonyl (C=O) groups excluding carboxylic acids is 2. The maximum atomic E-state index is 12.0. The molecule has 7 nitrogen and oxygen atoms in total. The van der Waals surface area contributed by atoms with Crippen molar-refractivity contribution in [1.29, 1.82) is 0 Å². The molecule has 3 amide bonds. The zero-order valence-electron chi connectivity index (χ0n) is 10.7. The first-order valence-corrected chi connectivity index (χ1v) is 6.19. The third-order valence-electron chi connectivity index (χ3n) is 3.20. The van der Waals surface area contributed by atoms with Crippen LogP contribution in [0.4, 0.5) is 10.5 Å². The second-order valence-electron chi connectivity index (χ2n) is 4.56. The number of primary amides is 1. The molecule has 1 aromatic rings. The lowest BCUT2D eigenvalue weighted by atomic mass is 10.2. The van der Waals surface area contributed by atoms with Crippen LogP contribution in [0.3, 0.4) is 0 Å². The molecular formula is C13H15N3O4. The first-order chi connectivity index (χ1) is 9.49. The highest BCUT2D eigenvalue weighted by Gasteiger charge is 2.33. The van der Waals surface area contributed by atoms with Crippen LogP contribution in [0.5, 0.6) is 0 Å². The fourth-order valence-corrected chi connectivity index (χ4v) is 2.21. The number of nitrogens with two attached hydrogens (primary N) is 1. The Morgan fingerprint density at radius 1 is 1.35 bits per heavy atom. The van der Waals surface area contributed by atoms with Crippen molar-refractivity contribution in [3.8, 4) is 0 Å².